The second kappa shape index (κ2) is 8.28. The lowest BCUT2D eigenvalue weighted by Crippen LogP contribution is -2.30. The van der Waals surface area contributed by atoms with Crippen molar-refractivity contribution in [3.63, 3.8) is 0 Å². The first-order valence-corrected chi connectivity index (χ1v) is 10.4. The Morgan fingerprint density at radius 2 is 1.84 bits per heavy atom. The summed E-state index contributed by atoms with van der Waals surface area (Å²) in [6, 6.07) is 20.2. The highest BCUT2D eigenvalue weighted by Gasteiger charge is 2.41. The molecule has 0 spiro atoms. The molecule has 1 aromatic carbocycles. The lowest BCUT2D eigenvalue weighted by atomic mass is 10.0. The highest BCUT2D eigenvalue weighted by molar-refractivity contribution is 7.80. The van der Waals surface area contributed by atoms with Gasteiger partial charge in [-0.1, -0.05) is 12.1 Å². The Labute approximate surface area is 185 Å². The summed E-state index contributed by atoms with van der Waals surface area (Å²) in [4.78, 5) is 11.0. The number of nitrogens with one attached hydrogen (secondary N) is 1. The van der Waals surface area contributed by atoms with Crippen molar-refractivity contribution in [2.45, 2.75) is 18.6 Å². The van der Waals surface area contributed by atoms with Crippen LogP contribution in [0.1, 0.15) is 29.0 Å². The predicted octanol–water partition coefficient (Wildman–Crippen LogP) is 4.58. The molecule has 0 unspecified atom stereocenters. The van der Waals surface area contributed by atoms with Gasteiger partial charge in [-0.3, -0.25) is 9.97 Å². The van der Waals surface area contributed by atoms with Gasteiger partial charge in [-0.25, -0.2) is 4.39 Å². The monoisotopic (exact) mass is 429 g/mol. The summed E-state index contributed by atoms with van der Waals surface area (Å²) in [5, 5.41) is 4.13. The zero-order valence-corrected chi connectivity index (χ0v) is 17.4. The van der Waals surface area contributed by atoms with Crippen LogP contribution < -0.4 is 5.32 Å². The fourth-order valence-electron chi connectivity index (χ4n) is 4.06. The van der Waals surface area contributed by atoms with E-state index in [4.69, 9.17) is 12.2 Å². The smallest absolute Gasteiger partial charge is 0.170 e. The molecule has 5 rings (SSSR count). The van der Waals surface area contributed by atoms with E-state index in [0.717, 1.165) is 22.6 Å². The van der Waals surface area contributed by atoms with Crippen molar-refractivity contribution >= 4 is 17.3 Å². The summed E-state index contributed by atoms with van der Waals surface area (Å²) in [6.07, 6.45) is 7.40. The fourth-order valence-corrected chi connectivity index (χ4v) is 4.36. The Bertz CT molecular complexity index is 1180. The first-order valence-electron chi connectivity index (χ1n) is 10.0. The van der Waals surface area contributed by atoms with Crippen molar-refractivity contribution in [1.82, 2.24) is 24.8 Å². The molecule has 2 atom stereocenters. The minimum atomic E-state index is -0.259. The molecule has 0 radical (unpaired) electrons. The number of rotatable bonds is 5. The van der Waals surface area contributed by atoms with Crippen molar-refractivity contribution in [2.24, 2.45) is 0 Å². The maximum atomic E-state index is 13.5. The fraction of sp³-hybridized carbons (Fsp3) is 0.125. The third-order valence-electron chi connectivity index (χ3n) is 5.46. The van der Waals surface area contributed by atoms with Crippen LogP contribution in [0.25, 0.3) is 5.69 Å². The van der Waals surface area contributed by atoms with Crippen LogP contribution in [0.3, 0.4) is 0 Å². The first-order chi connectivity index (χ1) is 15.2. The molecule has 1 aliphatic heterocycles. The van der Waals surface area contributed by atoms with Crippen LogP contribution in [0, 0.1) is 5.82 Å². The molecule has 5 nitrogen and oxygen atoms in total. The number of aromatic nitrogens is 3. The van der Waals surface area contributed by atoms with Gasteiger partial charge in [0.15, 0.2) is 5.11 Å². The van der Waals surface area contributed by atoms with Gasteiger partial charge in [0, 0.05) is 42.7 Å². The molecule has 154 valence electrons. The van der Waals surface area contributed by atoms with Crippen molar-refractivity contribution < 1.29 is 4.39 Å². The van der Waals surface area contributed by atoms with E-state index in [9.17, 15) is 4.39 Å². The third kappa shape index (κ3) is 3.80. The zero-order chi connectivity index (χ0) is 21.2. The summed E-state index contributed by atoms with van der Waals surface area (Å²) < 4.78 is 15.6. The molecule has 3 aromatic heterocycles. The number of thiocarbonyl (C=S) groups is 1. The van der Waals surface area contributed by atoms with E-state index < -0.39 is 0 Å². The topological polar surface area (TPSA) is 46.0 Å². The van der Waals surface area contributed by atoms with Crippen LogP contribution in [0.2, 0.25) is 0 Å². The number of hydrogen-bond acceptors (Lipinski definition) is 3. The summed E-state index contributed by atoms with van der Waals surface area (Å²) in [7, 11) is 0. The summed E-state index contributed by atoms with van der Waals surface area (Å²) >= 11 is 5.75. The van der Waals surface area contributed by atoms with Gasteiger partial charge in [-0.15, -0.1) is 0 Å². The second-order valence-corrected chi connectivity index (χ2v) is 7.78. The minimum absolute atomic E-state index is 0.109. The molecule has 4 aromatic rings. The number of pyridine rings is 2. The normalized spacial score (nSPS) is 18.2. The maximum Gasteiger partial charge on any atom is 0.170 e. The molecule has 4 heterocycles. The van der Waals surface area contributed by atoms with Crippen LogP contribution in [0.4, 0.5) is 4.39 Å². The maximum absolute atomic E-state index is 13.5. The lowest BCUT2D eigenvalue weighted by Gasteiger charge is -2.29. The van der Waals surface area contributed by atoms with Crippen LogP contribution in [0.15, 0.2) is 91.5 Å². The average molecular weight is 430 g/mol. The highest BCUT2D eigenvalue weighted by atomic mass is 32.1. The van der Waals surface area contributed by atoms with E-state index in [1.165, 1.54) is 12.1 Å². The Kier molecular flexibility index (Phi) is 5.18. The molecule has 1 fully saturated rings. The molecule has 31 heavy (non-hydrogen) atoms. The minimum Gasteiger partial charge on any atom is -0.352 e. The quantitative estimate of drug-likeness (QED) is 0.471. The van der Waals surface area contributed by atoms with Crippen LogP contribution in [-0.4, -0.2) is 24.5 Å². The SMILES string of the molecule is Fc1ccc(-n2cccc2[C@H]2[C@@H](c3ccccn3)NC(=S)N2Cc2cccnc2)cc1. The molecule has 0 bridgehead atoms. The van der Waals surface area contributed by atoms with Gasteiger partial charge in [0.25, 0.3) is 0 Å². The summed E-state index contributed by atoms with van der Waals surface area (Å²) in [6.45, 7) is 0.613. The van der Waals surface area contributed by atoms with Crippen LogP contribution >= 0.6 is 12.2 Å². The molecule has 0 saturated carbocycles. The van der Waals surface area contributed by atoms with E-state index in [0.29, 0.717) is 11.7 Å². The first kappa shape index (κ1) is 19.4. The highest BCUT2D eigenvalue weighted by Crippen LogP contribution is 2.40. The van der Waals surface area contributed by atoms with Gasteiger partial charge in [0.2, 0.25) is 0 Å². The van der Waals surface area contributed by atoms with Gasteiger partial charge in [-0.05, 0) is 72.4 Å². The molecular formula is C24H20FN5S. The van der Waals surface area contributed by atoms with E-state index in [1.807, 2.05) is 48.8 Å². The summed E-state index contributed by atoms with van der Waals surface area (Å²) in [5.41, 5.74) is 3.91. The van der Waals surface area contributed by atoms with Gasteiger partial charge < -0.3 is 14.8 Å². The number of hydrogen-bond donors (Lipinski definition) is 1. The molecular weight excluding hydrogens is 409 g/mol. The average Bonchev–Trinajstić information content (AvgIpc) is 3.40. The molecule has 7 heteroatoms. The van der Waals surface area contributed by atoms with Gasteiger partial charge >= 0.3 is 0 Å². The van der Waals surface area contributed by atoms with Crippen molar-refractivity contribution in [1.29, 1.82) is 0 Å². The molecule has 1 saturated heterocycles. The van der Waals surface area contributed by atoms with Gasteiger partial charge in [0.05, 0.1) is 17.8 Å². The largest absolute Gasteiger partial charge is 0.352 e. The Morgan fingerprint density at radius 3 is 2.58 bits per heavy atom. The van der Waals surface area contributed by atoms with E-state index in [1.54, 1.807) is 24.5 Å². The van der Waals surface area contributed by atoms with Crippen LogP contribution in [0.5, 0.6) is 0 Å². The lowest BCUT2D eigenvalue weighted by molar-refractivity contribution is 0.302. The van der Waals surface area contributed by atoms with Crippen molar-refractivity contribution in [3.8, 4) is 5.69 Å². The number of nitrogens with zero attached hydrogens (tertiary/aromatic N) is 4. The molecule has 1 N–H and O–H groups in total. The Morgan fingerprint density at radius 1 is 0.968 bits per heavy atom. The van der Waals surface area contributed by atoms with Crippen molar-refractivity contribution in [2.75, 3.05) is 0 Å². The predicted molar refractivity (Wildman–Crippen MR) is 121 cm³/mol. The van der Waals surface area contributed by atoms with Crippen LogP contribution in [-0.2, 0) is 6.54 Å². The Balaban J connectivity index is 1.60. The molecule has 0 amide bonds. The molecule has 1 aliphatic rings. The van der Waals surface area contributed by atoms with E-state index in [2.05, 4.69) is 30.8 Å². The summed E-state index contributed by atoms with van der Waals surface area (Å²) in [5.74, 6) is -0.259. The standard InChI is InChI=1S/C24H20FN5S/c25-18-8-10-19(11-9-18)29-14-4-7-21(29)23-22(20-6-1-2-13-27-20)28-24(31)30(23)16-17-5-3-12-26-15-17/h1-15,22-23H,16H2,(H,28,31)/t22-,23+/m1/s1. The van der Waals surface area contributed by atoms with Crippen molar-refractivity contribution in [3.05, 3.63) is 114 Å². The second-order valence-electron chi connectivity index (χ2n) is 7.40. The van der Waals surface area contributed by atoms with E-state index >= 15 is 0 Å². The number of benzene rings is 1. The Hall–Kier alpha value is -3.58. The zero-order valence-electron chi connectivity index (χ0n) is 16.6. The third-order valence-corrected chi connectivity index (χ3v) is 5.81. The molecule has 0 aliphatic carbocycles. The number of halogens is 1. The van der Waals surface area contributed by atoms with Gasteiger partial charge in [0.1, 0.15) is 5.82 Å². The van der Waals surface area contributed by atoms with Gasteiger partial charge in [-0.2, -0.15) is 0 Å². The van der Waals surface area contributed by atoms with E-state index in [-0.39, 0.29) is 17.9 Å².